The van der Waals surface area contributed by atoms with Crippen LogP contribution in [0.15, 0.2) is 0 Å². The van der Waals surface area contributed by atoms with E-state index in [4.69, 9.17) is 9.84 Å². The molecular formula is C17H32O3. The molecule has 20 heavy (non-hydrogen) atoms. The van der Waals surface area contributed by atoms with Crippen molar-refractivity contribution >= 4 is 5.97 Å². The Morgan fingerprint density at radius 3 is 2.00 bits per heavy atom. The highest BCUT2D eigenvalue weighted by atomic mass is 16.6. The third-order valence-corrected chi connectivity index (χ3v) is 4.21. The minimum Gasteiger partial charge on any atom is -0.481 e. The number of ether oxygens (including phenoxy) is 1. The molecule has 0 aliphatic carbocycles. The van der Waals surface area contributed by atoms with Crippen LogP contribution in [0.1, 0.15) is 84.0 Å². The Bertz CT molecular complexity index is 249. The number of carboxylic acid groups (broad SMARTS) is 1. The normalized spacial score (nSPS) is 18.9. The van der Waals surface area contributed by atoms with Crippen LogP contribution in [0, 0.1) is 5.92 Å². The van der Waals surface area contributed by atoms with Crippen molar-refractivity contribution in [2.24, 2.45) is 5.92 Å². The highest BCUT2D eigenvalue weighted by molar-refractivity contribution is 5.69. The van der Waals surface area contributed by atoms with Crippen molar-refractivity contribution in [1.29, 1.82) is 0 Å². The van der Waals surface area contributed by atoms with Gasteiger partial charge in [0.25, 0.3) is 0 Å². The number of hydrogen-bond acceptors (Lipinski definition) is 2. The molecule has 2 atom stereocenters. The SMILES string of the molecule is CCCCCCCCCCCCC(CC1CO1)C(=O)O. The quantitative estimate of drug-likeness (QED) is 0.368. The molecule has 0 aromatic heterocycles. The van der Waals surface area contributed by atoms with E-state index in [1.54, 1.807) is 0 Å². The van der Waals surface area contributed by atoms with Crippen LogP contribution in [0.5, 0.6) is 0 Å². The molecule has 1 rings (SSSR count). The first-order valence-electron chi connectivity index (χ1n) is 8.58. The van der Waals surface area contributed by atoms with E-state index in [2.05, 4.69) is 6.92 Å². The maximum Gasteiger partial charge on any atom is 0.306 e. The van der Waals surface area contributed by atoms with Crippen LogP contribution in [0.3, 0.4) is 0 Å². The van der Waals surface area contributed by atoms with E-state index < -0.39 is 5.97 Å². The molecule has 1 heterocycles. The average Bonchev–Trinajstić information content (AvgIpc) is 3.23. The minimum atomic E-state index is -0.642. The van der Waals surface area contributed by atoms with Gasteiger partial charge in [0.2, 0.25) is 0 Å². The molecule has 1 aliphatic heterocycles. The lowest BCUT2D eigenvalue weighted by Crippen LogP contribution is -2.15. The lowest BCUT2D eigenvalue weighted by molar-refractivity contribution is -0.142. The number of epoxide rings is 1. The van der Waals surface area contributed by atoms with Crippen molar-refractivity contribution in [1.82, 2.24) is 0 Å². The summed E-state index contributed by atoms with van der Waals surface area (Å²) in [6.07, 6.45) is 14.8. The number of hydrogen-bond donors (Lipinski definition) is 1. The van der Waals surface area contributed by atoms with Crippen molar-refractivity contribution < 1.29 is 14.6 Å². The van der Waals surface area contributed by atoms with Gasteiger partial charge >= 0.3 is 5.97 Å². The molecule has 118 valence electrons. The van der Waals surface area contributed by atoms with Crippen LogP contribution >= 0.6 is 0 Å². The standard InChI is InChI=1S/C17H32O3/c1-2-3-4-5-6-7-8-9-10-11-12-15(17(18)19)13-16-14-20-16/h15-16H,2-14H2,1H3,(H,18,19). The summed E-state index contributed by atoms with van der Waals surface area (Å²) >= 11 is 0. The van der Waals surface area contributed by atoms with Crippen molar-refractivity contribution in [2.45, 2.75) is 90.1 Å². The van der Waals surface area contributed by atoms with Crippen molar-refractivity contribution in [3.63, 3.8) is 0 Å². The van der Waals surface area contributed by atoms with Crippen LogP contribution in [-0.4, -0.2) is 23.8 Å². The summed E-state index contributed by atoms with van der Waals surface area (Å²) < 4.78 is 5.13. The molecule has 3 nitrogen and oxygen atoms in total. The van der Waals surface area contributed by atoms with Crippen molar-refractivity contribution in [3.05, 3.63) is 0 Å². The van der Waals surface area contributed by atoms with Gasteiger partial charge in [0.05, 0.1) is 18.6 Å². The van der Waals surface area contributed by atoms with Crippen LogP contribution in [0.2, 0.25) is 0 Å². The number of carbonyl (C=O) groups is 1. The van der Waals surface area contributed by atoms with Crippen LogP contribution < -0.4 is 0 Å². The van der Waals surface area contributed by atoms with Gasteiger partial charge in [0.15, 0.2) is 0 Å². The molecular weight excluding hydrogens is 252 g/mol. The number of rotatable bonds is 14. The van der Waals surface area contributed by atoms with Crippen LogP contribution in [0.4, 0.5) is 0 Å². The van der Waals surface area contributed by atoms with Gasteiger partial charge in [0.1, 0.15) is 0 Å². The molecule has 0 radical (unpaired) electrons. The van der Waals surface area contributed by atoms with Gasteiger partial charge < -0.3 is 9.84 Å². The topological polar surface area (TPSA) is 49.8 Å². The van der Waals surface area contributed by atoms with E-state index in [9.17, 15) is 4.79 Å². The zero-order chi connectivity index (χ0) is 14.6. The fraction of sp³-hybridized carbons (Fsp3) is 0.941. The Kier molecular flexibility index (Phi) is 9.73. The number of unbranched alkanes of at least 4 members (excludes halogenated alkanes) is 9. The predicted octanol–water partition coefficient (Wildman–Crippen LogP) is 4.79. The van der Waals surface area contributed by atoms with Gasteiger partial charge in [-0.25, -0.2) is 0 Å². The third-order valence-electron chi connectivity index (χ3n) is 4.21. The molecule has 0 spiro atoms. The third kappa shape index (κ3) is 9.35. The molecule has 0 bridgehead atoms. The van der Waals surface area contributed by atoms with E-state index in [1.165, 1.54) is 57.8 Å². The molecule has 1 saturated heterocycles. The fourth-order valence-electron chi connectivity index (χ4n) is 2.74. The summed E-state index contributed by atoms with van der Waals surface area (Å²) in [7, 11) is 0. The molecule has 1 aliphatic rings. The second-order valence-corrected chi connectivity index (χ2v) is 6.20. The molecule has 0 amide bonds. The molecule has 1 fully saturated rings. The smallest absolute Gasteiger partial charge is 0.306 e. The summed E-state index contributed by atoms with van der Waals surface area (Å²) in [6, 6.07) is 0. The monoisotopic (exact) mass is 284 g/mol. The van der Waals surface area contributed by atoms with Gasteiger partial charge in [-0.1, -0.05) is 71.1 Å². The molecule has 3 heteroatoms. The number of carboxylic acids is 1. The minimum absolute atomic E-state index is 0.184. The van der Waals surface area contributed by atoms with E-state index in [0.717, 1.165) is 19.4 Å². The van der Waals surface area contributed by atoms with Gasteiger partial charge in [-0.15, -0.1) is 0 Å². The Hall–Kier alpha value is -0.570. The summed E-state index contributed by atoms with van der Waals surface area (Å²) in [5.41, 5.74) is 0. The maximum atomic E-state index is 11.1. The largest absolute Gasteiger partial charge is 0.481 e. The second kappa shape index (κ2) is 11.1. The van der Waals surface area contributed by atoms with Crippen LogP contribution in [-0.2, 0) is 9.53 Å². The van der Waals surface area contributed by atoms with Gasteiger partial charge in [0, 0.05) is 0 Å². The predicted molar refractivity (Wildman–Crippen MR) is 81.9 cm³/mol. The lowest BCUT2D eigenvalue weighted by atomic mass is 9.96. The summed E-state index contributed by atoms with van der Waals surface area (Å²) in [6.45, 7) is 3.02. The van der Waals surface area contributed by atoms with E-state index >= 15 is 0 Å². The molecule has 0 saturated carbocycles. The van der Waals surface area contributed by atoms with Crippen molar-refractivity contribution in [3.8, 4) is 0 Å². The van der Waals surface area contributed by atoms with E-state index in [-0.39, 0.29) is 12.0 Å². The Morgan fingerprint density at radius 1 is 1.05 bits per heavy atom. The second-order valence-electron chi connectivity index (χ2n) is 6.20. The van der Waals surface area contributed by atoms with E-state index in [0.29, 0.717) is 6.42 Å². The zero-order valence-electron chi connectivity index (χ0n) is 13.1. The summed E-state index contributed by atoms with van der Waals surface area (Å²) in [5.74, 6) is -0.826. The Labute approximate surface area is 124 Å². The molecule has 0 aromatic carbocycles. The highest BCUT2D eigenvalue weighted by Gasteiger charge is 2.29. The first-order valence-corrected chi connectivity index (χ1v) is 8.58. The Morgan fingerprint density at radius 2 is 1.55 bits per heavy atom. The van der Waals surface area contributed by atoms with Gasteiger partial charge in [-0.3, -0.25) is 4.79 Å². The lowest BCUT2D eigenvalue weighted by Gasteiger charge is -2.10. The molecule has 0 aromatic rings. The molecule has 1 N–H and O–H groups in total. The summed E-state index contributed by atoms with van der Waals surface area (Å²) in [4.78, 5) is 11.1. The van der Waals surface area contributed by atoms with Gasteiger partial charge in [-0.2, -0.15) is 0 Å². The highest BCUT2D eigenvalue weighted by Crippen LogP contribution is 2.24. The number of aliphatic carboxylic acids is 1. The fourth-order valence-corrected chi connectivity index (χ4v) is 2.74. The van der Waals surface area contributed by atoms with Crippen LogP contribution in [0.25, 0.3) is 0 Å². The summed E-state index contributed by atoms with van der Waals surface area (Å²) in [5, 5.41) is 9.14. The first-order chi connectivity index (χ1) is 9.74. The first kappa shape index (κ1) is 17.5. The van der Waals surface area contributed by atoms with Crippen molar-refractivity contribution in [2.75, 3.05) is 6.61 Å². The van der Waals surface area contributed by atoms with E-state index in [1.807, 2.05) is 0 Å². The zero-order valence-corrected chi connectivity index (χ0v) is 13.1. The molecule has 2 unspecified atom stereocenters. The Balaban J connectivity index is 1.86. The average molecular weight is 284 g/mol. The maximum absolute atomic E-state index is 11.1. The van der Waals surface area contributed by atoms with Gasteiger partial charge in [-0.05, 0) is 12.8 Å².